The summed E-state index contributed by atoms with van der Waals surface area (Å²) in [4.78, 5) is 14.2. The molecule has 0 saturated heterocycles. The molecule has 0 aliphatic heterocycles. The van der Waals surface area contributed by atoms with Crippen molar-refractivity contribution in [2.24, 2.45) is 0 Å². The number of hydrogen-bond acceptors (Lipinski definition) is 3. The fourth-order valence-electron chi connectivity index (χ4n) is 2.71. The van der Waals surface area contributed by atoms with E-state index < -0.39 is 11.5 Å². The highest BCUT2D eigenvalue weighted by molar-refractivity contribution is 5.81. The van der Waals surface area contributed by atoms with E-state index in [4.69, 9.17) is 0 Å². The molecule has 1 aliphatic carbocycles. The number of benzene rings is 1. The van der Waals surface area contributed by atoms with Crippen LogP contribution in [0.4, 0.5) is 0 Å². The first-order valence-electron chi connectivity index (χ1n) is 7.22. The third kappa shape index (κ3) is 3.19. The lowest BCUT2D eigenvalue weighted by atomic mass is 9.88. The Kier molecular flexibility index (Phi) is 4.45. The monoisotopic (exact) mass is 276 g/mol. The molecule has 4 nitrogen and oxygen atoms in total. The van der Waals surface area contributed by atoms with Crippen molar-refractivity contribution in [1.82, 2.24) is 10.2 Å². The average molecular weight is 276 g/mol. The van der Waals surface area contributed by atoms with Crippen LogP contribution in [0.25, 0.3) is 0 Å². The van der Waals surface area contributed by atoms with Crippen molar-refractivity contribution in [3.05, 3.63) is 35.9 Å². The van der Waals surface area contributed by atoms with E-state index in [0.29, 0.717) is 12.6 Å². The molecule has 1 unspecified atom stereocenters. The molecule has 1 aliphatic rings. The predicted octanol–water partition coefficient (Wildman–Crippen LogP) is 2.06. The maximum absolute atomic E-state index is 12.0. The number of nitrogens with one attached hydrogen (secondary N) is 1. The van der Waals surface area contributed by atoms with E-state index in [2.05, 4.69) is 10.2 Å². The number of nitrogens with zero attached hydrogens (tertiary/aromatic N) is 1. The van der Waals surface area contributed by atoms with E-state index in [9.17, 15) is 9.90 Å². The summed E-state index contributed by atoms with van der Waals surface area (Å²) in [6, 6.07) is 10.1. The minimum atomic E-state index is -1.05. The zero-order valence-corrected chi connectivity index (χ0v) is 12.5. The Morgan fingerprint density at radius 1 is 1.40 bits per heavy atom. The maximum Gasteiger partial charge on any atom is 0.329 e. The zero-order chi connectivity index (χ0) is 14.8. The SMILES string of the molecule is CC(C)NC(CN(C)C1CC1)(C(=O)O)c1ccccc1. The van der Waals surface area contributed by atoms with Gasteiger partial charge in [0.1, 0.15) is 0 Å². The van der Waals surface area contributed by atoms with Gasteiger partial charge in [-0.2, -0.15) is 0 Å². The molecule has 1 aromatic rings. The van der Waals surface area contributed by atoms with Gasteiger partial charge in [0.25, 0.3) is 0 Å². The lowest BCUT2D eigenvalue weighted by molar-refractivity contribution is -0.146. The van der Waals surface area contributed by atoms with Gasteiger partial charge < -0.3 is 10.0 Å². The molecule has 0 bridgehead atoms. The smallest absolute Gasteiger partial charge is 0.329 e. The predicted molar refractivity (Wildman–Crippen MR) is 79.7 cm³/mol. The van der Waals surface area contributed by atoms with Gasteiger partial charge in [0.2, 0.25) is 0 Å². The first-order chi connectivity index (χ1) is 9.45. The summed E-state index contributed by atoms with van der Waals surface area (Å²) < 4.78 is 0. The van der Waals surface area contributed by atoms with Crippen molar-refractivity contribution in [3.63, 3.8) is 0 Å². The van der Waals surface area contributed by atoms with Crippen LogP contribution in [0, 0.1) is 0 Å². The summed E-state index contributed by atoms with van der Waals surface area (Å²) in [6.45, 7) is 4.45. The molecule has 110 valence electrons. The summed E-state index contributed by atoms with van der Waals surface area (Å²) in [6.07, 6.45) is 2.34. The van der Waals surface area contributed by atoms with Crippen molar-refractivity contribution in [1.29, 1.82) is 0 Å². The zero-order valence-electron chi connectivity index (χ0n) is 12.5. The van der Waals surface area contributed by atoms with Crippen molar-refractivity contribution in [2.75, 3.05) is 13.6 Å². The number of rotatable bonds is 7. The van der Waals surface area contributed by atoms with Crippen LogP contribution in [-0.4, -0.2) is 41.7 Å². The molecule has 0 spiro atoms. The molecule has 2 rings (SSSR count). The quantitative estimate of drug-likeness (QED) is 0.800. The second-order valence-electron chi connectivity index (χ2n) is 6.02. The summed E-state index contributed by atoms with van der Waals surface area (Å²) >= 11 is 0. The molecule has 1 fully saturated rings. The second-order valence-corrected chi connectivity index (χ2v) is 6.02. The van der Waals surface area contributed by atoms with Crippen molar-refractivity contribution >= 4 is 5.97 Å². The first kappa shape index (κ1) is 15.0. The van der Waals surface area contributed by atoms with E-state index in [1.54, 1.807) is 0 Å². The molecule has 1 saturated carbocycles. The highest BCUT2D eigenvalue weighted by Gasteiger charge is 2.43. The van der Waals surface area contributed by atoms with Gasteiger partial charge in [0.15, 0.2) is 5.54 Å². The normalized spacial score (nSPS) is 18.2. The second kappa shape index (κ2) is 5.94. The summed E-state index contributed by atoms with van der Waals surface area (Å²) in [5, 5.41) is 13.2. The molecule has 0 heterocycles. The summed E-state index contributed by atoms with van der Waals surface area (Å²) in [5.41, 5.74) is -0.235. The molecule has 1 atom stereocenters. The molecular weight excluding hydrogens is 252 g/mol. The molecule has 4 heteroatoms. The van der Waals surface area contributed by atoms with Crippen LogP contribution >= 0.6 is 0 Å². The number of aliphatic carboxylic acids is 1. The molecule has 2 N–H and O–H groups in total. The highest BCUT2D eigenvalue weighted by atomic mass is 16.4. The summed E-state index contributed by atoms with van der Waals surface area (Å²) in [7, 11) is 2.01. The van der Waals surface area contributed by atoms with E-state index in [1.807, 2.05) is 51.2 Å². The Labute approximate surface area is 120 Å². The molecule has 0 aromatic heterocycles. The lowest BCUT2D eigenvalue weighted by Crippen LogP contribution is -2.58. The van der Waals surface area contributed by atoms with Crippen LogP contribution in [0.15, 0.2) is 30.3 Å². The van der Waals surface area contributed by atoms with Crippen molar-refractivity contribution in [2.45, 2.75) is 44.3 Å². The number of likely N-dealkylation sites (N-methyl/N-ethyl adjacent to an activating group) is 1. The number of hydrogen-bond donors (Lipinski definition) is 2. The van der Waals surface area contributed by atoms with Gasteiger partial charge in [0, 0.05) is 18.6 Å². The fourth-order valence-corrected chi connectivity index (χ4v) is 2.71. The van der Waals surface area contributed by atoms with E-state index >= 15 is 0 Å². The van der Waals surface area contributed by atoms with Crippen molar-refractivity contribution in [3.8, 4) is 0 Å². The topological polar surface area (TPSA) is 52.6 Å². The van der Waals surface area contributed by atoms with Crippen LogP contribution < -0.4 is 5.32 Å². The Morgan fingerprint density at radius 2 is 2.00 bits per heavy atom. The number of carbonyl (C=O) groups is 1. The standard InChI is InChI=1S/C16H24N2O2/c1-12(2)17-16(15(19)20,11-18(3)14-9-10-14)13-7-5-4-6-8-13/h4-8,12,14,17H,9-11H2,1-3H3,(H,19,20). The Balaban J connectivity index is 2.35. The molecule has 0 amide bonds. The molecular formula is C16H24N2O2. The average Bonchev–Trinajstić information content (AvgIpc) is 3.22. The van der Waals surface area contributed by atoms with E-state index in [0.717, 1.165) is 5.56 Å². The number of carboxylic acid groups (broad SMARTS) is 1. The van der Waals surface area contributed by atoms with Crippen LogP contribution in [0.3, 0.4) is 0 Å². The fraction of sp³-hybridized carbons (Fsp3) is 0.562. The van der Waals surface area contributed by atoms with E-state index in [1.165, 1.54) is 12.8 Å². The Hall–Kier alpha value is -1.39. The van der Waals surface area contributed by atoms with Gasteiger partial charge in [0.05, 0.1) is 0 Å². The van der Waals surface area contributed by atoms with Gasteiger partial charge in [-0.25, -0.2) is 4.79 Å². The van der Waals surface area contributed by atoms with Gasteiger partial charge in [-0.05, 0) is 39.3 Å². The van der Waals surface area contributed by atoms with Crippen LogP contribution in [-0.2, 0) is 10.3 Å². The third-order valence-electron chi connectivity index (χ3n) is 3.82. The minimum Gasteiger partial charge on any atom is -0.480 e. The largest absolute Gasteiger partial charge is 0.480 e. The Morgan fingerprint density at radius 3 is 2.45 bits per heavy atom. The van der Waals surface area contributed by atoms with Gasteiger partial charge in [-0.1, -0.05) is 30.3 Å². The van der Waals surface area contributed by atoms with Gasteiger partial charge in [-0.15, -0.1) is 0 Å². The third-order valence-corrected chi connectivity index (χ3v) is 3.82. The number of carboxylic acids is 1. The van der Waals surface area contributed by atoms with E-state index in [-0.39, 0.29) is 6.04 Å². The Bertz CT molecular complexity index is 457. The van der Waals surface area contributed by atoms with Crippen LogP contribution in [0.2, 0.25) is 0 Å². The highest BCUT2D eigenvalue weighted by Crippen LogP contribution is 2.30. The van der Waals surface area contributed by atoms with Gasteiger partial charge >= 0.3 is 5.97 Å². The minimum absolute atomic E-state index is 0.0962. The lowest BCUT2D eigenvalue weighted by Gasteiger charge is -2.36. The first-order valence-corrected chi connectivity index (χ1v) is 7.22. The van der Waals surface area contributed by atoms with Gasteiger partial charge in [-0.3, -0.25) is 5.32 Å². The molecule has 20 heavy (non-hydrogen) atoms. The maximum atomic E-state index is 12.0. The molecule has 0 radical (unpaired) electrons. The molecule has 1 aromatic carbocycles. The van der Waals surface area contributed by atoms with Crippen molar-refractivity contribution < 1.29 is 9.90 Å². The summed E-state index contributed by atoms with van der Waals surface area (Å²) in [5.74, 6) is -0.815. The van der Waals surface area contributed by atoms with Crippen LogP contribution in [0.5, 0.6) is 0 Å². The van der Waals surface area contributed by atoms with Crippen LogP contribution in [0.1, 0.15) is 32.3 Å².